The second kappa shape index (κ2) is 7.10. The summed E-state index contributed by atoms with van der Waals surface area (Å²) in [6, 6.07) is 7.02. The lowest BCUT2D eigenvalue weighted by Crippen LogP contribution is -2.54. The number of rotatable bonds is 4. The van der Waals surface area contributed by atoms with Gasteiger partial charge in [-0.2, -0.15) is 0 Å². The Morgan fingerprint density at radius 2 is 1.85 bits per heavy atom. The minimum Gasteiger partial charge on any atom is -0.337 e. The van der Waals surface area contributed by atoms with Crippen molar-refractivity contribution in [3.8, 4) is 0 Å². The number of nitro benzene ring substituents is 1. The van der Waals surface area contributed by atoms with Crippen molar-refractivity contribution < 1.29 is 23.3 Å². The fourth-order valence-electron chi connectivity index (χ4n) is 2.71. The van der Waals surface area contributed by atoms with Crippen LogP contribution >= 0.6 is 0 Å². The Labute approximate surface area is 152 Å². The van der Waals surface area contributed by atoms with Crippen molar-refractivity contribution in [3.63, 3.8) is 0 Å². The molecule has 27 heavy (non-hydrogen) atoms. The summed E-state index contributed by atoms with van der Waals surface area (Å²) in [4.78, 5) is 36.2. The molecule has 3 rings (SSSR count). The van der Waals surface area contributed by atoms with Crippen LogP contribution in [0, 0.1) is 34.6 Å². The van der Waals surface area contributed by atoms with Crippen molar-refractivity contribution in [1.29, 1.82) is 0 Å². The van der Waals surface area contributed by atoms with Gasteiger partial charge in [-0.3, -0.25) is 19.7 Å². The van der Waals surface area contributed by atoms with Gasteiger partial charge in [0.2, 0.25) is 5.91 Å². The zero-order valence-electron chi connectivity index (χ0n) is 14.2. The zero-order chi connectivity index (χ0) is 19.7. The van der Waals surface area contributed by atoms with Crippen molar-refractivity contribution >= 4 is 23.2 Å². The van der Waals surface area contributed by atoms with Crippen LogP contribution in [0.2, 0.25) is 0 Å². The number of nitro groups is 1. The summed E-state index contributed by atoms with van der Waals surface area (Å²) in [6.07, 6.45) is 0. The zero-order valence-corrected chi connectivity index (χ0v) is 14.2. The van der Waals surface area contributed by atoms with Crippen LogP contribution < -0.4 is 5.32 Å². The molecule has 7 nitrogen and oxygen atoms in total. The molecule has 1 heterocycles. The first kappa shape index (κ1) is 18.4. The number of amides is 2. The van der Waals surface area contributed by atoms with E-state index in [1.807, 2.05) is 0 Å². The first-order valence-electron chi connectivity index (χ1n) is 8.06. The lowest BCUT2D eigenvalue weighted by molar-refractivity contribution is -0.384. The van der Waals surface area contributed by atoms with Gasteiger partial charge in [0.1, 0.15) is 0 Å². The van der Waals surface area contributed by atoms with Crippen LogP contribution in [-0.2, 0) is 4.79 Å². The maximum atomic E-state index is 13.2. The Morgan fingerprint density at radius 1 is 1.15 bits per heavy atom. The summed E-state index contributed by atoms with van der Waals surface area (Å²) in [5, 5.41) is 13.5. The van der Waals surface area contributed by atoms with Crippen LogP contribution in [0.5, 0.6) is 0 Å². The molecule has 0 radical (unpaired) electrons. The van der Waals surface area contributed by atoms with Crippen molar-refractivity contribution in [3.05, 3.63) is 69.3 Å². The van der Waals surface area contributed by atoms with E-state index < -0.39 is 28.4 Å². The largest absolute Gasteiger partial charge is 0.337 e. The molecule has 0 aromatic heterocycles. The maximum Gasteiger partial charge on any atom is 0.271 e. The fourth-order valence-corrected chi connectivity index (χ4v) is 2.71. The minimum absolute atomic E-state index is 0.00212. The quantitative estimate of drug-likeness (QED) is 0.657. The average molecular weight is 375 g/mol. The summed E-state index contributed by atoms with van der Waals surface area (Å²) in [6.45, 7) is 1.95. The SMILES string of the molecule is Cc1ccc([N+](=O)[O-])cc1NC(=O)C1CN(C(=O)c2ccc(F)c(F)c2)C1. The molecule has 2 aromatic rings. The van der Waals surface area contributed by atoms with Crippen molar-refractivity contribution in [2.75, 3.05) is 18.4 Å². The summed E-state index contributed by atoms with van der Waals surface area (Å²) >= 11 is 0. The molecule has 1 aliphatic rings. The normalized spacial score (nSPS) is 13.8. The van der Waals surface area contributed by atoms with Gasteiger partial charge in [0, 0.05) is 30.8 Å². The number of non-ortho nitro benzene ring substituents is 1. The number of carbonyl (C=O) groups excluding carboxylic acids is 2. The van der Waals surface area contributed by atoms with Gasteiger partial charge in [-0.25, -0.2) is 8.78 Å². The number of aryl methyl sites for hydroxylation is 1. The number of likely N-dealkylation sites (tertiary alicyclic amines) is 1. The summed E-state index contributed by atoms with van der Waals surface area (Å²) < 4.78 is 26.2. The van der Waals surface area contributed by atoms with Gasteiger partial charge in [-0.15, -0.1) is 0 Å². The Morgan fingerprint density at radius 3 is 2.48 bits per heavy atom. The van der Waals surface area contributed by atoms with E-state index >= 15 is 0 Å². The van der Waals surface area contributed by atoms with Crippen LogP contribution in [0.4, 0.5) is 20.2 Å². The van der Waals surface area contributed by atoms with Crippen molar-refractivity contribution in [2.45, 2.75) is 6.92 Å². The molecule has 0 spiro atoms. The summed E-state index contributed by atoms with van der Waals surface area (Å²) in [5.74, 6) is -3.51. The minimum atomic E-state index is -1.11. The molecular weight excluding hydrogens is 360 g/mol. The van der Waals surface area contributed by atoms with E-state index in [9.17, 15) is 28.5 Å². The molecule has 0 aliphatic carbocycles. The van der Waals surface area contributed by atoms with Crippen LogP contribution in [0.25, 0.3) is 0 Å². The first-order valence-corrected chi connectivity index (χ1v) is 8.06. The topological polar surface area (TPSA) is 92.6 Å². The maximum absolute atomic E-state index is 13.2. The van der Waals surface area contributed by atoms with Crippen LogP contribution in [0.15, 0.2) is 36.4 Å². The van der Waals surface area contributed by atoms with Gasteiger partial charge in [-0.05, 0) is 30.7 Å². The molecular formula is C18H15F2N3O4. The highest BCUT2D eigenvalue weighted by Gasteiger charge is 2.36. The van der Waals surface area contributed by atoms with Crippen molar-refractivity contribution in [1.82, 2.24) is 4.90 Å². The predicted octanol–water partition coefficient (Wildman–Crippen LogP) is 2.89. The number of halogens is 2. The third-order valence-corrected chi connectivity index (χ3v) is 4.40. The van der Waals surface area contributed by atoms with Gasteiger partial charge in [-0.1, -0.05) is 6.07 Å². The van der Waals surface area contributed by atoms with Crippen molar-refractivity contribution in [2.24, 2.45) is 5.92 Å². The highest BCUT2D eigenvalue weighted by atomic mass is 19.2. The lowest BCUT2D eigenvalue weighted by atomic mass is 9.97. The lowest BCUT2D eigenvalue weighted by Gasteiger charge is -2.38. The summed E-state index contributed by atoms with van der Waals surface area (Å²) in [5.41, 5.74) is 0.865. The molecule has 1 saturated heterocycles. The van der Waals surface area contributed by atoms with E-state index in [-0.39, 0.29) is 30.2 Å². The molecule has 2 aromatic carbocycles. The van der Waals surface area contributed by atoms with E-state index in [0.717, 1.165) is 12.1 Å². The Bertz CT molecular complexity index is 942. The van der Waals surface area contributed by atoms with Crippen LogP contribution in [0.1, 0.15) is 15.9 Å². The molecule has 1 fully saturated rings. The van der Waals surface area contributed by atoms with Crippen LogP contribution in [0.3, 0.4) is 0 Å². The van der Waals surface area contributed by atoms with E-state index in [2.05, 4.69) is 5.32 Å². The highest BCUT2D eigenvalue weighted by Crippen LogP contribution is 2.25. The number of hydrogen-bond acceptors (Lipinski definition) is 4. The second-order valence-corrected chi connectivity index (χ2v) is 6.28. The van der Waals surface area contributed by atoms with E-state index in [0.29, 0.717) is 11.3 Å². The molecule has 1 N–H and O–H groups in total. The molecule has 0 bridgehead atoms. The van der Waals surface area contributed by atoms with Crippen LogP contribution in [-0.4, -0.2) is 34.7 Å². The number of anilines is 1. The fraction of sp³-hybridized carbons (Fsp3) is 0.222. The number of nitrogens with one attached hydrogen (secondary N) is 1. The molecule has 140 valence electrons. The number of carbonyl (C=O) groups is 2. The monoisotopic (exact) mass is 375 g/mol. The number of nitrogens with zero attached hydrogens (tertiary/aromatic N) is 2. The van der Waals surface area contributed by atoms with Gasteiger partial charge < -0.3 is 10.2 Å². The molecule has 0 atom stereocenters. The second-order valence-electron chi connectivity index (χ2n) is 6.28. The first-order chi connectivity index (χ1) is 12.8. The average Bonchev–Trinajstić information content (AvgIpc) is 2.57. The van der Waals surface area contributed by atoms with Gasteiger partial charge in [0.25, 0.3) is 11.6 Å². The molecule has 0 saturated carbocycles. The van der Waals surface area contributed by atoms with E-state index in [1.165, 1.54) is 29.2 Å². The molecule has 1 aliphatic heterocycles. The highest BCUT2D eigenvalue weighted by molar-refractivity contribution is 5.99. The Kier molecular flexibility index (Phi) is 4.85. The molecule has 2 amide bonds. The summed E-state index contributed by atoms with van der Waals surface area (Å²) in [7, 11) is 0. The molecule has 9 heteroatoms. The Balaban J connectivity index is 1.61. The van der Waals surface area contributed by atoms with Gasteiger partial charge >= 0.3 is 0 Å². The predicted molar refractivity (Wildman–Crippen MR) is 92.2 cm³/mol. The van der Waals surface area contributed by atoms with E-state index in [1.54, 1.807) is 6.92 Å². The third kappa shape index (κ3) is 3.76. The Hall–Kier alpha value is -3.36. The number of benzene rings is 2. The van der Waals surface area contributed by atoms with E-state index in [4.69, 9.17) is 0 Å². The standard InChI is InChI=1S/C18H15F2N3O4/c1-10-2-4-13(23(26)27)7-16(10)21-17(24)12-8-22(9-12)18(25)11-3-5-14(19)15(20)6-11/h2-7,12H,8-9H2,1H3,(H,21,24). The smallest absolute Gasteiger partial charge is 0.271 e. The number of hydrogen-bond donors (Lipinski definition) is 1. The van der Waals surface area contributed by atoms with Gasteiger partial charge in [0.15, 0.2) is 11.6 Å². The molecule has 0 unspecified atom stereocenters. The van der Waals surface area contributed by atoms with Gasteiger partial charge in [0.05, 0.1) is 16.5 Å². The third-order valence-electron chi connectivity index (χ3n) is 4.40.